The summed E-state index contributed by atoms with van der Waals surface area (Å²) in [5.41, 5.74) is 0.615. The quantitative estimate of drug-likeness (QED) is 0.467. The minimum Gasteiger partial charge on any atom is -0.478 e. The maximum atomic E-state index is 11.1. The molecule has 2 heteroatoms. The normalized spacial score (nSPS) is 13.8. The minimum atomic E-state index is -0.736. The van der Waals surface area contributed by atoms with Crippen molar-refractivity contribution in [2.75, 3.05) is 0 Å². The molecule has 0 aromatic rings. The SMILES string of the molecule is CCCCC=C(C(=O)O)C(C)CCCCC. The highest BCUT2D eigenvalue weighted by atomic mass is 16.4. The smallest absolute Gasteiger partial charge is 0.331 e. The molecule has 0 heterocycles. The second-order valence-corrected chi connectivity index (χ2v) is 4.50. The van der Waals surface area contributed by atoms with E-state index in [9.17, 15) is 4.79 Å². The molecule has 1 N–H and O–H groups in total. The van der Waals surface area contributed by atoms with E-state index in [2.05, 4.69) is 13.8 Å². The van der Waals surface area contributed by atoms with E-state index in [1.165, 1.54) is 12.8 Å². The zero-order chi connectivity index (χ0) is 12.4. The van der Waals surface area contributed by atoms with Gasteiger partial charge in [0.2, 0.25) is 0 Å². The Morgan fingerprint density at radius 3 is 2.31 bits per heavy atom. The van der Waals surface area contributed by atoms with Crippen molar-refractivity contribution in [2.24, 2.45) is 5.92 Å². The molecule has 16 heavy (non-hydrogen) atoms. The third-order valence-electron chi connectivity index (χ3n) is 2.94. The van der Waals surface area contributed by atoms with Gasteiger partial charge in [-0.25, -0.2) is 4.79 Å². The number of hydrogen-bond acceptors (Lipinski definition) is 1. The van der Waals surface area contributed by atoms with Crippen molar-refractivity contribution in [3.05, 3.63) is 11.6 Å². The number of rotatable bonds is 9. The van der Waals surface area contributed by atoms with E-state index in [4.69, 9.17) is 5.11 Å². The van der Waals surface area contributed by atoms with E-state index in [1.54, 1.807) is 0 Å². The first kappa shape index (κ1) is 15.2. The molecular weight excluding hydrogens is 200 g/mol. The van der Waals surface area contributed by atoms with Gasteiger partial charge in [0.1, 0.15) is 0 Å². The molecule has 0 aliphatic carbocycles. The Morgan fingerprint density at radius 2 is 1.81 bits per heavy atom. The molecule has 0 spiro atoms. The summed E-state index contributed by atoms with van der Waals surface area (Å²) in [7, 11) is 0. The maximum absolute atomic E-state index is 11.1. The Morgan fingerprint density at radius 1 is 1.19 bits per heavy atom. The van der Waals surface area contributed by atoms with Crippen LogP contribution in [0.15, 0.2) is 11.6 Å². The monoisotopic (exact) mass is 226 g/mol. The van der Waals surface area contributed by atoms with Gasteiger partial charge in [-0.3, -0.25) is 0 Å². The highest BCUT2D eigenvalue weighted by Gasteiger charge is 2.14. The molecule has 0 amide bonds. The molecule has 0 saturated heterocycles. The predicted molar refractivity (Wildman–Crippen MR) is 68.5 cm³/mol. The molecule has 0 bridgehead atoms. The van der Waals surface area contributed by atoms with Crippen LogP contribution in [-0.4, -0.2) is 11.1 Å². The Bertz CT molecular complexity index is 219. The van der Waals surface area contributed by atoms with Gasteiger partial charge < -0.3 is 5.11 Å². The second-order valence-electron chi connectivity index (χ2n) is 4.50. The summed E-state index contributed by atoms with van der Waals surface area (Å²) in [5, 5.41) is 9.13. The fourth-order valence-corrected chi connectivity index (χ4v) is 1.82. The molecule has 0 radical (unpaired) electrons. The summed E-state index contributed by atoms with van der Waals surface area (Å²) in [5.74, 6) is -0.541. The zero-order valence-electron chi connectivity index (χ0n) is 11.0. The summed E-state index contributed by atoms with van der Waals surface area (Å²) in [6.07, 6.45) is 9.54. The molecule has 0 aliphatic rings. The van der Waals surface area contributed by atoms with E-state index in [-0.39, 0.29) is 5.92 Å². The molecule has 0 rings (SSSR count). The molecular formula is C14H26O2. The number of carboxylic acids is 1. The number of carbonyl (C=O) groups is 1. The average molecular weight is 226 g/mol. The van der Waals surface area contributed by atoms with E-state index in [1.807, 2.05) is 13.0 Å². The summed E-state index contributed by atoms with van der Waals surface area (Å²) in [6.45, 7) is 6.32. The predicted octanol–water partition coefficient (Wildman–Crippen LogP) is 4.40. The molecule has 0 fully saturated rings. The summed E-state index contributed by atoms with van der Waals surface area (Å²) >= 11 is 0. The van der Waals surface area contributed by atoms with E-state index in [0.29, 0.717) is 5.57 Å². The van der Waals surface area contributed by atoms with Crippen LogP contribution in [0.25, 0.3) is 0 Å². The maximum Gasteiger partial charge on any atom is 0.331 e. The van der Waals surface area contributed by atoms with Crippen molar-refractivity contribution in [3.8, 4) is 0 Å². The van der Waals surface area contributed by atoms with Crippen LogP contribution in [0, 0.1) is 5.92 Å². The topological polar surface area (TPSA) is 37.3 Å². The summed E-state index contributed by atoms with van der Waals surface area (Å²) in [4.78, 5) is 11.1. The molecule has 0 aromatic carbocycles. The highest BCUT2D eigenvalue weighted by Crippen LogP contribution is 2.19. The van der Waals surface area contributed by atoms with Crippen LogP contribution in [-0.2, 0) is 4.79 Å². The highest BCUT2D eigenvalue weighted by molar-refractivity contribution is 5.87. The molecule has 94 valence electrons. The van der Waals surface area contributed by atoms with E-state index < -0.39 is 5.97 Å². The van der Waals surface area contributed by atoms with Crippen molar-refractivity contribution in [3.63, 3.8) is 0 Å². The fourth-order valence-electron chi connectivity index (χ4n) is 1.82. The van der Waals surface area contributed by atoms with Gasteiger partial charge in [0.05, 0.1) is 0 Å². The van der Waals surface area contributed by atoms with E-state index >= 15 is 0 Å². The molecule has 0 aliphatic heterocycles. The molecule has 0 aromatic heterocycles. The zero-order valence-corrected chi connectivity index (χ0v) is 11.0. The van der Waals surface area contributed by atoms with E-state index in [0.717, 1.165) is 32.1 Å². The van der Waals surface area contributed by atoms with Crippen molar-refractivity contribution < 1.29 is 9.90 Å². The standard InChI is InChI=1S/C14H26O2/c1-4-6-8-10-12(3)13(14(15)16)11-9-7-5-2/h11-12H,4-10H2,1-3H3,(H,15,16). The van der Waals surface area contributed by atoms with Crippen LogP contribution < -0.4 is 0 Å². The van der Waals surface area contributed by atoms with Gasteiger partial charge in [-0.1, -0.05) is 59.0 Å². The van der Waals surface area contributed by atoms with Gasteiger partial charge >= 0.3 is 5.97 Å². The van der Waals surface area contributed by atoms with Crippen LogP contribution in [0.5, 0.6) is 0 Å². The summed E-state index contributed by atoms with van der Waals surface area (Å²) in [6, 6.07) is 0. The number of carboxylic acid groups (broad SMARTS) is 1. The lowest BCUT2D eigenvalue weighted by molar-refractivity contribution is -0.133. The molecule has 0 saturated carbocycles. The largest absolute Gasteiger partial charge is 0.478 e. The number of unbranched alkanes of at least 4 members (excludes halogenated alkanes) is 4. The van der Waals surface area contributed by atoms with Gasteiger partial charge in [-0.15, -0.1) is 0 Å². The number of hydrogen-bond donors (Lipinski definition) is 1. The van der Waals surface area contributed by atoms with Crippen LogP contribution in [0.1, 0.15) is 65.7 Å². The third-order valence-corrected chi connectivity index (χ3v) is 2.94. The molecule has 2 nitrogen and oxygen atoms in total. The average Bonchev–Trinajstić information content (AvgIpc) is 2.24. The summed E-state index contributed by atoms with van der Waals surface area (Å²) < 4.78 is 0. The van der Waals surface area contributed by atoms with Gasteiger partial charge in [-0.05, 0) is 18.8 Å². The van der Waals surface area contributed by atoms with Crippen molar-refractivity contribution >= 4 is 5.97 Å². The fraction of sp³-hybridized carbons (Fsp3) is 0.786. The molecule has 1 atom stereocenters. The van der Waals surface area contributed by atoms with Gasteiger partial charge in [0, 0.05) is 5.57 Å². The van der Waals surface area contributed by atoms with Gasteiger partial charge in [-0.2, -0.15) is 0 Å². The van der Waals surface area contributed by atoms with Crippen molar-refractivity contribution in [2.45, 2.75) is 65.7 Å². The third kappa shape index (κ3) is 6.65. The van der Waals surface area contributed by atoms with Crippen LogP contribution in [0.4, 0.5) is 0 Å². The van der Waals surface area contributed by atoms with Crippen molar-refractivity contribution in [1.82, 2.24) is 0 Å². The Balaban J connectivity index is 4.18. The molecule has 1 unspecified atom stereocenters. The first-order chi connectivity index (χ1) is 7.63. The Kier molecular flexibility index (Phi) is 8.97. The lowest BCUT2D eigenvalue weighted by Crippen LogP contribution is -2.10. The lowest BCUT2D eigenvalue weighted by Gasteiger charge is -2.12. The lowest BCUT2D eigenvalue weighted by atomic mass is 9.93. The first-order valence-electron chi connectivity index (χ1n) is 6.56. The second kappa shape index (κ2) is 9.44. The van der Waals surface area contributed by atoms with Crippen LogP contribution in [0.3, 0.4) is 0 Å². The Labute approximate surface area is 99.7 Å². The Hall–Kier alpha value is -0.790. The van der Waals surface area contributed by atoms with Gasteiger partial charge in [0.25, 0.3) is 0 Å². The number of aliphatic carboxylic acids is 1. The number of allylic oxidation sites excluding steroid dienone is 1. The van der Waals surface area contributed by atoms with Crippen LogP contribution in [0.2, 0.25) is 0 Å². The van der Waals surface area contributed by atoms with Crippen LogP contribution >= 0.6 is 0 Å². The van der Waals surface area contributed by atoms with Gasteiger partial charge in [0.15, 0.2) is 0 Å². The minimum absolute atomic E-state index is 0.195. The van der Waals surface area contributed by atoms with Crippen molar-refractivity contribution in [1.29, 1.82) is 0 Å². The first-order valence-corrected chi connectivity index (χ1v) is 6.56.